The minimum atomic E-state index is -0.408. The Morgan fingerprint density at radius 1 is 0.795 bits per heavy atom. The van der Waals surface area contributed by atoms with Crippen LogP contribution in [-0.2, 0) is 28.9 Å². The highest BCUT2D eigenvalue weighted by Crippen LogP contribution is 2.28. The normalized spacial score (nSPS) is 10.6. The molecule has 0 bridgehead atoms. The largest absolute Gasteiger partial charge is 0.472 e. The van der Waals surface area contributed by atoms with Crippen LogP contribution in [0.15, 0.2) is 79.1 Å². The van der Waals surface area contributed by atoms with Gasteiger partial charge in [-0.1, -0.05) is 74.0 Å². The van der Waals surface area contributed by atoms with Crippen LogP contribution in [0.25, 0.3) is 11.1 Å². The van der Waals surface area contributed by atoms with Crippen molar-refractivity contribution < 1.29 is 23.8 Å². The van der Waals surface area contributed by atoms with E-state index < -0.39 is 5.97 Å². The predicted molar refractivity (Wildman–Crippen MR) is 149 cm³/mol. The third-order valence-electron chi connectivity index (χ3n) is 6.53. The van der Waals surface area contributed by atoms with Gasteiger partial charge in [0.15, 0.2) is 0 Å². The summed E-state index contributed by atoms with van der Waals surface area (Å²) in [6.07, 6.45) is 4.96. The summed E-state index contributed by atoms with van der Waals surface area (Å²) in [5.41, 5.74) is 6.37. The van der Waals surface area contributed by atoms with Crippen molar-refractivity contribution in [2.24, 2.45) is 0 Å². The zero-order chi connectivity index (χ0) is 27.6. The average Bonchev–Trinajstić information content (AvgIpc) is 2.99. The van der Waals surface area contributed by atoms with Gasteiger partial charge in [0, 0.05) is 17.5 Å². The molecule has 0 saturated heterocycles. The van der Waals surface area contributed by atoms with E-state index in [-0.39, 0.29) is 12.6 Å². The molecule has 1 heterocycles. The highest BCUT2D eigenvalue weighted by atomic mass is 16.5. The molecule has 0 amide bonds. The lowest BCUT2D eigenvalue weighted by Gasteiger charge is -2.15. The van der Waals surface area contributed by atoms with Crippen LogP contribution in [0.2, 0.25) is 0 Å². The highest BCUT2D eigenvalue weighted by molar-refractivity contribution is 5.97. The van der Waals surface area contributed by atoms with Gasteiger partial charge in [-0.25, -0.2) is 19.6 Å². The Kier molecular flexibility index (Phi) is 9.40. The molecule has 0 saturated carbocycles. The Morgan fingerprint density at radius 3 is 2.18 bits per heavy atom. The van der Waals surface area contributed by atoms with Crippen molar-refractivity contribution in [3.63, 3.8) is 0 Å². The zero-order valence-electron chi connectivity index (χ0n) is 22.5. The molecule has 0 aliphatic rings. The van der Waals surface area contributed by atoms with E-state index in [0.717, 1.165) is 52.8 Å². The van der Waals surface area contributed by atoms with Crippen LogP contribution in [0.3, 0.4) is 0 Å². The van der Waals surface area contributed by atoms with Crippen molar-refractivity contribution in [3.05, 3.63) is 113 Å². The minimum absolute atomic E-state index is 0.172. The maximum Gasteiger partial charge on any atom is 0.338 e. The van der Waals surface area contributed by atoms with Gasteiger partial charge in [0.25, 0.3) is 0 Å². The predicted octanol–water partition coefficient (Wildman–Crippen LogP) is 6.23. The minimum Gasteiger partial charge on any atom is -0.472 e. The first-order valence-electron chi connectivity index (χ1n) is 12.9. The summed E-state index contributed by atoms with van der Waals surface area (Å²) in [6.45, 7) is 2.32. The number of rotatable bonds is 11. The topological polar surface area (TPSA) is 87.6 Å². The maximum absolute atomic E-state index is 12.2. The molecule has 0 atom stereocenters. The van der Waals surface area contributed by atoms with Crippen molar-refractivity contribution in [2.75, 3.05) is 14.2 Å². The number of methoxy groups -OCH3 is 2. The highest BCUT2D eigenvalue weighted by Gasteiger charge is 2.17. The number of unbranched alkanes of at least 4 members (excludes halogenated alkanes) is 1. The van der Waals surface area contributed by atoms with Crippen molar-refractivity contribution in [1.82, 2.24) is 9.97 Å². The zero-order valence-corrected chi connectivity index (χ0v) is 22.5. The molecule has 3 aromatic carbocycles. The molecule has 0 fully saturated rings. The Labute approximate surface area is 228 Å². The van der Waals surface area contributed by atoms with Gasteiger partial charge in [0.1, 0.15) is 12.9 Å². The summed E-state index contributed by atoms with van der Waals surface area (Å²) in [6, 6.07) is 22.7. The molecule has 39 heavy (non-hydrogen) atoms. The molecular formula is C32H32N2O5. The first-order chi connectivity index (χ1) is 19.0. The van der Waals surface area contributed by atoms with Crippen LogP contribution in [-0.4, -0.2) is 36.1 Å². The lowest BCUT2D eigenvalue weighted by atomic mass is 9.96. The Balaban J connectivity index is 1.61. The summed E-state index contributed by atoms with van der Waals surface area (Å²) in [7, 11) is 2.75. The van der Waals surface area contributed by atoms with Crippen molar-refractivity contribution in [2.45, 2.75) is 39.2 Å². The van der Waals surface area contributed by atoms with Crippen molar-refractivity contribution in [3.8, 4) is 17.0 Å². The summed E-state index contributed by atoms with van der Waals surface area (Å²) in [4.78, 5) is 33.5. The van der Waals surface area contributed by atoms with E-state index in [4.69, 9.17) is 14.2 Å². The third-order valence-corrected chi connectivity index (χ3v) is 6.53. The number of benzene rings is 3. The van der Waals surface area contributed by atoms with Gasteiger partial charge in [0.05, 0.1) is 31.0 Å². The van der Waals surface area contributed by atoms with Crippen LogP contribution < -0.4 is 4.74 Å². The first-order valence-corrected chi connectivity index (χ1v) is 12.9. The third kappa shape index (κ3) is 6.68. The number of carbonyl (C=O) groups is 2. The van der Waals surface area contributed by atoms with Gasteiger partial charge in [-0.3, -0.25) is 0 Å². The number of hydrogen-bond donors (Lipinski definition) is 0. The fraction of sp³-hybridized carbons (Fsp3) is 0.250. The van der Waals surface area contributed by atoms with Gasteiger partial charge in [0.2, 0.25) is 5.88 Å². The summed E-state index contributed by atoms with van der Waals surface area (Å²) >= 11 is 0. The van der Waals surface area contributed by atoms with Crippen molar-refractivity contribution in [1.29, 1.82) is 0 Å². The second-order valence-corrected chi connectivity index (χ2v) is 9.06. The maximum atomic E-state index is 12.2. The number of hydrogen-bond acceptors (Lipinski definition) is 7. The van der Waals surface area contributed by atoms with Crippen LogP contribution in [0.4, 0.5) is 0 Å². The second kappa shape index (κ2) is 13.3. The molecule has 200 valence electrons. The van der Waals surface area contributed by atoms with E-state index in [2.05, 4.69) is 16.9 Å². The fourth-order valence-corrected chi connectivity index (χ4v) is 4.42. The van der Waals surface area contributed by atoms with Gasteiger partial charge in [-0.2, -0.15) is 0 Å². The molecular weight excluding hydrogens is 492 g/mol. The van der Waals surface area contributed by atoms with E-state index >= 15 is 0 Å². The molecule has 1 aromatic heterocycles. The fourth-order valence-electron chi connectivity index (χ4n) is 4.42. The van der Waals surface area contributed by atoms with Crippen LogP contribution in [0.1, 0.15) is 62.9 Å². The molecule has 0 N–H and O–H groups in total. The van der Waals surface area contributed by atoms with E-state index in [0.29, 0.717) is 23.4 Å². The summed E-state index contributed by atoms with van der Waals surface area (Å²) in [5.74, 6) is -0.280. The molecule has 4 rings (SSSR count). The van der Waals surface area contributed by atoms with Gasteiger partial charge in [-0.15, -0.1) is 0 Å². The molecule has 0 unspecified atom stereocenters. The number of aryl methyl sites for hydroxylation is 1. The van der Waals surface area contributed by atoms with E-state index in [9.17, 15) is 9.59 Å². The second-order valence-electron chi connectivity index (χ2n) is 9.06. The van der Waals surface area contributed by atoms with Crippen molar-refractivity contribution >= 4 is 11.9 Å². The SMILES string of the molecule is CCCCc1ncnc(OCc2ccccc2C(=O)OC)c1Cc1ccc(-c2ccccc2C(=O)OC)cc1. The average molecular weight is 525 g/mol. The molecule has 4 aromatic rings. The van der Waals surface area contributed by atoms with Gasteiger partial charge >= 0.3 is 11.9 Å². The summed E-state index contributed by atoms with van der Waals surface area (Å²) in [5, 5.41) is 0. The lowest BCUT2D eigenvalue weighted by molar-refractivity contribution is 0.0590. The van der Waals surface area contributed by atoms with Crippen LogP contribution in [0.5, 0.6) is 5.88 Å². The van der Waals surface area contributed by atoms with E-state index in [1.165, 1.54) is 20.5 Å². The van der Waals surface area contributed by atoms with E-state index in [1.54, 1.807) is 18.2 Å². The Hall–Kier alpha value is -4.52. The molecule has 0 spiro atoms. The molecule has 0 aliphatic carbocycles. The quantitative estimate of drug-likeness (QED) is 0.215. The number of nitrogens with zero attached hydrogens (tertiary/aromatic N) is 2. The standard InChI is InChI=1S/C32H32N2O5/c1-4-5-14-29-28(30(34-21-33-29)39-20-24-10-6-7-12-26(24)31(35)37-2)19-22-15-17-23(18-16-22)25-11-8-9-13-27(25)32(36)38-3/h6-13,15-18,21H,4-5,14,19-20H2,1-3H3. The summed E-state index contributed by atoms with van der Waals surface area (Å²) < 4.78 is 16.1. The number of aromatic nitrogens is 2. The van der Waals surface area contributed by atoms with E-state index in [1.807, 2.05) is 54.6 Å². The molecule has 0 radical (unpaired) electrons. The van der Waals surface area contributed by atoms with Gasteiger partial charge in [-0.05, 0) is 41.7 Å². The Morgan fingerprint density at radius 2 is 1.46 bits per heavy atom. The van der Waals surface area contributed by atoms with Gasteiger partial charge < -0.3 is 14.2 Å². The first kappa shape index (κ1) is 27.5. The molecule has 0 aliphatic heterocycles. The molecule has 7 heteroatoms. The monoisotopic (exact) mass is 524 g/mol. The lowest BCUT2D eigenvalue weighted by Crippen LogP contribution is -2.10. The van der Waals surface area contributed by atoms with Crippen LogP contribution in [0, 0.1) is 0 Å². The smallest absolute Gasteiger partial charge is 0.338 e. The number of carbonyl (C=O) groups excluding carboxylic acids is 2. The van der Waals surface area contributed by atoms with Crippen LogP contribution >= 0.6 is 0 Å². The molecule has 7 nitrogen and oxygen atoms in total. The number of ether oxygens (including phenoxy) is 3. The Bertz CT molecular complexity index is 1430. The number of esters is 2.